The summed E-state index contributed by atoms with van der Waals surface area (Å²) in [5, 5.41) is 0. The molecule has 4 bridgehead atoms. The number of carbonyl (C=O) groups excluding carboxylic acids is 2. The predicted molar refractivity (Wildman–Crippen MR) is 98.8 cm³/mol. The van der Waals surface area contributed by atoms with E-state index in [-0.39, 0.29) is 42.5 Å². The van der Waals surface area contributed by atoms with Gasteiger partial charge in [-0.3, -0.25) is 9.59 Å². The number of hydrogen-bond acceptors (Lipinski definition) is 5. The van der Waals surface area contributed by atoms with Crippen molar-refractivity contribution in [3.63, 3.8) is 0 Å². The first-order chi connectivity index (χ1) is 12.8. The van der Waals surface area contributed by atoms with Gasteiger partial charge in [-0.25, -0.2) is 0 Å². The van der Waals surface area contributed by atoms with Gasteiger partial charge in [0.25, 0.3) is 0 Å². The Bertz CT molecular complexity index is 773. The number of amides is 2. The van der Waals surface area contributed by atoms with Gasteiger partial charge in [0.1, 0.15) is 0 Å². The minimum atomic E-state index is -0.0164. The second-order valence-electron chi connectivity index (χ2n) is 9.19. The summed E-state index contributed by atoms with van der Waals surface area (Å²) in [5.41, 5.74) is 0.777. The van der Waals surface area contributed by atoms with Crippen LogP contribution in [-0.2, 0) is 9.59 Å². The first-order valence-electron chi connectivity index (χ1n) is 9.53. The SMILES string of the molecule is CC12CN3CC(C)(CN(C1)C(=O)CN(c1ccc4c(c1)OCO4)CC3=O)C2. The molecule has 27 heavy (non-hydrogen) atoms. The van der Waals surface area contributed by atoms with Gasteiger partial charge in [0.2, 0.25) is 18.6 Å². The van der Waals surface area contributed by atoms with Gasteiger partial charge < -0.3 is 24.2 Å². The molecule has 144 valence electrons. The van der Waals surface area contributed by atoms with Crippen LogP contribution < -0.4 is 14.4 Å². The number of nitrogens with zero attached hydrogens (tertiary/aromatic N) is 3. The minimum Gasteiger partial charge on any atom is -0.454 e. The summed E-state index contributed by atoms with van der Waals surface area (Å²) in [6.45, 7) is 7.91. The lowest BCUT2D eigenvalue weighted by molar-refractivity contribution is -0.153. The normalized spacial score (nSPS) is 32.4. The molecule has 7 heteroatoms. The first kappa shape index (κ1) is 16.7. The van der Waals surface area contributed by atoms with E-state index < -0.39 is 0 Å². The molecule has 5 aliphatic rings. The third-order valence-corrected chi connectivity index (χ3v) is 6.22. The van der Waals surface area contributed by atoms with Gasteiger partial charge in [-0.1, -0.05) is 13.8 Å². The molecule has 0 spiro atoms. The molecule has 0 saturated carbocycles. The summed E-state index contributed by atoms with van der Waals surface area (Å²) in [6, 6.07) is 5.58. The number of carbonyl (C=O) groups is 2. The van der Waals surface area contributed by atoms with Crippen LogP contribution in [0.5, 0.6) is 11.5 Å². The summed E-state index contributed by atoms with van der Waals surface area (Å²) in [6.07, 6.45) is 1.07. The molecule has 1 aromatic rings. The highest BCUT2D eigenvalue weighted by atomic mass is 16.7. The highest BCUT2D eigenvalue weighted by Gasteiger charge is 2.51. The largest absolute Gasteiger partial charge is 0.454 e. The predicted octanol–water partition coefficient (Wildman–Crippen LogP) is 1.32. The molecule has 1 aromatic carbocycles. The summed E-state index contributed by atoms with van der Waals surface area (Å²) in [7, 11) is 0. The van der Waals surface area contributed by atoms with Crippen molar-refractivity contribution in [2.24, 2.45) is 10.8 Å². The average molecular weight is 371 g/mol. The van der Waals surface area contributed by atoms with Gasteiger partial charge in [-0.15, -0.1) is 0 Å². The molecule has 0 N–H and O–H groups in total. The molecule has 5 heterocycles. The molecule has 4 fully saturated rings. The minimum absolute atomic E-state index is 0.0164. The fourth-order valence-electron chi connectivity index (χ4n) is 5.51. The Labute approximate surface area is 158 Å². The zero-order valence-corrected chi connectivity index (χ0v) is 15.9. The van der Waals surface area contributed by atoms with Crippen LogP contribution in [0.3, 0.4) is 0 Å². The van der Waals surface area contributed by atoms with E-state index in [1.165, 1.54) is 0 Å². The molecule has 4 saturated heterocycles. The van der Waals surface area contributed by atoms with Crippen molar-refractivity contribution in [2.75, 3.05) is 51.0 Å². The van der Waals surface area contributed by atoms with Crippen LogP contribution in [0.25, 0.3) is 0 Å². The number of rotatable bonds is 1. The number of ether oxygens (including phenoxy) is 2. The Hall–Kier alpha value is -2.44. The Morgan fingerprint density at radius 2 is 1.37 bits per heavy atom. The van der Waals surface area contributed by atoms with E-state index in [4.69, 9.17) is 9.47 Å². The van der Waals surface area contributed by atoms with E-state index in [0.717, 1.165) is 38.3 Å². The lowest BCUT2D eigenvalue weighted by Gasteiger charge is -2.57. The van der Waals surface area contributed by atoms with Crippen molar-refractivity contribution >= 4 is 17.5 Å². The van der Waals surface area contributed by atoms with Crippen LogP contribution in [0.15, 0.2) is 18.2 Å². The molecule has 0 unspecified atom stereocenters. The molecule has 7 nitrogen and oxygen atoms in total. The highest BCUT2D eigenvalue weighted by molar-refractivity contribution is 5.87. The van der Waals surface area contributed by atoms with Gasteiger partial charge in [0.15, 0.2) is 11.5 Å². The summed E-state index contributed by atoms with van der Waals surface area (Å²) in [5.74, 6) is 1.54. The molecule has 0 aromatic heterocycles. The zero-order chi connectivity index (χ0) is 18.8. The monoisotopic (exact) mass is 371 g/mol. The maximum Gasteiger partial charge on any atom is 0.242 e. The summed E-state index contributed by atoms with van der Waals surface area (Å²) >= 11 is 0. The quantitative estimate of drug-likeness (QED) is 0.745. The Morgan fingerprint density at radius 1 is 0.815 bits per heavy atom. The maximum absolute atomic E-state index is 13.1. The number of fused-ring (bicyclic) bond motifs is 5. The second kappa shape index (κ2) is 5.53. The lowest BCUT2D eigenvalue weighted by Crippen LogP contribution is -2.66. The Balaban J connectivity index is 1.49. The first-order valence-corrected chi connectivity index (χ1v) is 9.53. The van der Waals surface area contributed by atoms with Gasteiger partial charge in [0, 0.05) is 48.8 Å². The van der Waals surface area contributed by atoms with Crippen LogP contribution in [0, 0.1) is 10.8 Å². The molecular formula is C20H25N3O4. The Morgan fingerprint density at radius 3 is 1.96 bits per heavy atom. The third kappa shape index (κ3) is 2.80. The molecule has 5 aliphatic heterocycles. The van der Waals surface area contributed by atoms with E-state index in [9.17, 15) is 9.59 Å². The van der Waals surface area contributed by atoms with Crippen molar-refractivity contribution in [1.82, 2.24) is 9.80 Å². The van der Waals surface area contributed by atoms with Crippen LogP contribution in [-0.4, -0.2) is 67.7 Å². The standard InChI is InChI=1S/C20H25N3O4/c1-19-8-20(2)11-22(9-19)17(24)6-21(7-18(25)23(10-19)12-20)14-3-4-15-16(5-14)27-13-26-15/h3-5H,6-13H2,1-2H3. The fourth-order valence-corrected chi connectivity index (χ4v) is 5.51. The number of piperidine rings is 2. The molecule has 6 rings (SSSR count). The van der Waals surface area contributed by atoms with E-state index in [1.807, 2.05) is 32.9 Å². The maximum atomic E-state index is 13.1. The second-order valence-corrected chi connectivity index (χ2v) is 9.19. The van der Waals surface area contributed by atoms with Crippen LogP contribution >= 0.6 is 0 Å². The molecular weight excluding hydrogens is 346 g/mol. The van der Waals surface area contributed by atoms with Crippen molar-refractivity contribution in [3.05, 3.63) is 18.2 Å². The number of anilines is 1. The van der Waals surface area contributed by atoms with E-state index >= 15 is 0 Å². The van der Waals surface area contributed by atoms with Crippen molar-refractivity contribution in [2.45, 2.75) is 20.3 Å². The topological polar surface area (TPSA) is 62.3 Å². The highest BCUT2D eigenvalue weighted by Crippen LogP contribution is 2.46. The molecule has 0 atom stereocenters. The summed E-state index contributed by atoms with van der Waals surface area (Å²) < 4.78 is 10.8. The van der Waals surface area contributed by atoms with E-state index in [2.05, 4.69) is 13.8 Å². The van der Waals surface area contributed by atoms with Gasteiger partial charge in [0.05, 0.1) is 13.1 Å². The third-order valence-electron chi connectivity index (χ3n) is 6.22. The van der Waals surface area contributed by atoms with Crippen LogP contribution in [0.1, 0.15) is 20.3 Å². The molecule has 2 amide bonds. The van der Waals surface area contributed by atoms with Gasteiger partial charge in [-0.05, 0) is 18.6 Å². The molecule has 0 aliphatic carbocycles. The van der Waals surface area contributed by atoms with E-state index in [1.54, 1.807) is 0 Å². The zero-order valence-electron chi connectivity index (χ0n) is 15.9. The number of benzene rings is 1. The van der Waals surface area contributed by atoms with Crippen molar-refractivity contribution < 1.29 is 19.1 Å². The van der Waals surface area contributed by atoms with Gasteiger partial charge in [-0.2, -0.15) is 0 Å². The van der Waals surface area contributed by atoms with Gasteiger partial charge >= 0.3 is 0 Å². The summed E-state index contributed by atoms with van der Waals surface area (Å²) in [4.78, 5) is 32.1. The number of hydrogen-bond donors (Lipinski definition) is 0. The van der Waals surface area contributed by atoms with Crippen LogP contribution in [0.4, 0.5) is 5.69 Å². The molecule has 0 radical (unpaired) electrons. The van der Waals surface area contributed by atoms with Crippen molar-refractivity contribution in [3.8, 4) is 11.5 Å². The smallest absolute Gasteiger partial charge is 0.242 e. The fraction of sp³-hybridized carbons (Fsp3) is 0.600. The van der Waals surface area contributed by atoms with Crippen LogP contribution in [0.2, 0.25) is 0 Å². The van der Waals surface area contributed by atoms with Crippen molar-refractivity contribution in [1.29, 1.82) is 0 Å². The average Bonchev–Trinajstić information content (AvgIpc) is 3.05. The Kier molecular flexibility index (Phi) is 3.42. The lowest BCUT2D eigenvalue weighted by atomic mass is 9.65. The van der Waals surface area contributed by atoms with E-state index in [0.29, 0.717) is 11.5 Å².